The van der Waals surface area contributed by atoms with Crippen LogP contribution in [0.5, 0.6) is 5.75 Å². The maximum absolute atomic E-state index is 10.8. The minimum absolute atomic E-state index is 0.151. The highest BCUT2D eigenvalue weighted by molar-refractivity contribution is 5.94. The van der Waals surface area contributed by atoms with Crippen molar-refractivity contribution in [2.75, 3.05) is 12.3 Å². The molecule has 2 rings (SSSR count). The Bertz CT molecular complexity index is 424. The Balaban J connectivity index is 2.66. The van der Waals surface area contributed by atoms with Crippen molar-refractivity contribution in [2.24, 2.45) is 0 Å². The van der Waals surface area contributed by atoms with Gasteiger partial charge in [-0.15, -0.1) is 0 Å². The van der Waals surface area contributed by atoms with Gasteiger partial charge in [0.15, 0.2) is 0 Å². The van der Waals surface area contributed by atoms with Crippen LogP contribution in [0, 0.1) is 0 Å². The second kappa shape index (κ2) is 3.06. The second-order valence-electron chi connectivity index (χ2n) is 2.96. The molecule has 0 amide bonds. The first-order chi connectivity index (χ1) is 6.70. The molecule has 4 nitrogen and oxygen atoms in total. The lowest BCUT2D eigenvalue weighted by molar-refractivity contribution is 0.0692. The van der Waals surface area contributed by atoms with Gasteiger partial charge in [0, 0.05) is 11.3 Å². The second-order valence-corrected chi connectivity index (χ2v) is 2.96. The van der Waals surface area contributed by atoms with E-state index in [2.05, 4.69) is 0 Å². The number of anilines is 1. The summed E-state index contributed by atoms with van der Waals surface area (Å²) in [6.45, 7) is 0.386. The van der Waals surface area contributed by atoms with Crippen molar-refractivity contribution in [3.63, 3.8) is 0 Å². The number of nitrogens with two attached hydrogens (primary N) is 1. The number of carbonyl (C=O) groups is 1. The van der Waals surface area contributed by atoms with Gasteiger partial charge in [-0.05, 0) is 24.3 Å². The topological polar surface area (TPSA) is 72.6 Å². The van der Waals surface area contributed by atoms with Crippen LogP contribution in [0.4, 0.5) is 5.69 Å². The van der Waals surface area contributed by atoms with Gasteiger partial charge < -0.3 is 15.6 Å². The minimum Gasteiger partial charge on any atom is -0.488 e. The summed E-state index contributed by atoms with van der Waals surface area (Å²) in [6, 6.07) is 3.02. The Morgan fingerprint density at radius 1 is 1.50 bits per heavy atom. The summed E-state index contributed by atoms with van der Waals surface area (Å²) in [5, 5.41) is 8.89. The van der Waals surface area contributed by atoms with E-state index < -0.39 is 5.97 Å². The Morgan fingerprint density at radius 3 is 3.00 bits per heavy atom. The first-order valence-corrected chi connectivity index (χ1v) is 4.15. The highest BCUT2D eigenvalue weighted by Gasteiger charge is 2.18. The molecule has 0 spiro atoms. The number of hydrogen-bond acceptors (Lipinski definition) is 3. The average molecular weight is 191 g/mol. The van der Waals surface area contributed by atoms with Crippen molar-refractivity contribution >= 4 is 17.7 Å². The Kier molecular flexibility index (Phi) is 1.89. The van der Waals surface area contributed by atoms with E-state index in [0.717, 1.165) is 0 Å². The fourth-order valence-corrected chi connectivity index (χ4v) is 1.41. The zero-order chi connectivity index (χ0) is 10.1. The van der Waals surface area contributed by atoms with Gasteiger partial charge in [-0.25, -0.2) is 4.79 Å². The molecule has 1 heterocycles. The third kappa shape index (κ3) is 1.21. The van der Waals surface area contributed by atoms with E-state index in [0.29, 0.717) is 23.6 Å². The molecule has 1 aliphatic rings. The number of fused-ring (bicyclic) bond motifs is 1. The first-order valence-electron chi connectivity index (χ1n) is 4.15. The molecule has 3 N–H and O–H groups in total. The molecule has 1 aromatic carbocycles. The molecule has 1 aromatic rings. The summed E-state index contributed by atoms with van der Waals surface area (Å²) >= 11 is 0. The van der Waals surface area contributed by atoms with Gasteiger partial charge in [-0.2, -0.15) is 0 Å². The van der Waals surface area contributed by atoms with Crippen molar-refractivity contribution in [1.29, 1.82) is 0 Å². The fraction of sp³-hybridized carbons (Fsp3) is 0.100. The highest BCUT2D eigenvalue weighted by atomic mass is 16.5. The summed E-state index contributed by atoms with van der Waals surface area (Å²) in [5.74, 6) is -0.642. The zero-order valence-electron chi connectivity index (χ0n) is 7.36. The summed E-state index contributed by atoms with van der Waals surface area (Å²) < 4.78 is 5.25. The molecule has 0 aliphatic carbocycles. The van der Waals surface area contributed by atoms with Gasteiger partial charge >= 0.3 is 5.97 Å². The normalized spacial score (nSPS) is 13.1. The van der Waals surface area contributed by atoms with Crippen LogP contribution in [-0.4, -0.2) is 17.7 Å². The molecular weight excluding hydrogens is 182 g/mol. The molecule has 0 saturated carbocycles. The van der Waals surface area contributed by atoms with E-state index in [-0.39, 0.29) is 5.56 Å². The molecule has 4 heteroatoms. The SMILES string of the molecule is Nc1ccc(C(=O)O)c2c1C=CCO2. The molecule has 72 valence electrons. The quantitative estimate of drug-likeness (QED) is 0.657. The van der Waals surface area contributed by atoms with Crippen molar-refractivity contribution in [3.05, 3.63) is 29.3 Å². The van der Waals surface area contributed by atoms with Gasteiger partial charge in [0.25, 0.3) is 0 Å². The van der Waals surface area contributed by atoms with Crippen molar-refractivity contribution in [2.45, 2.75) is 0 Å². The summed E-state index contributed by atoms with van der Waals surface area (Å²) in [6.07, 6.45) is 3.57. The standard InChI is InChI=1S/C10H9NO3/c11-8-4-3-7(10(12)13)9-6(8)2-1-5-14-9/h1-4H,5,11H2,(H,12,13). The smallest absolute Gasteiger partial charge is 0.339 e. The zero-order valence-corrected chi connectivity index (χ0v) is 7.36. The highest BCUT2D eigenvalue weighted by Crippen LogP contribution is 2.32. The lowest BCUT2D eigenvalue weighted by Gasteiger charge is -2.16. The lowest BCUT2D eigenvalue weighted by Crippen LogP contribution is -2.09. The third-order valence-corrected chi connectivity index (χ3v) is 2.07. The monoisotopic (exact) mass is 191 g/mol. The number of ether oxygens (including phenoxy) is 1. The van der Waals surface area contributed by atoms with E-state index in [1.54, 1.807) is 18.2 Å². The van der Waals surface area contributed by atoms with Crippen LogP contribution in [0.15, 0.2) is 18.2 Å². The maximum Gasteiger partial charge on any atom is 0.339 e. The van der Waals surface area contributed by atoms with E-state index in [9.17, 15) is 4.79 Å². The molecule has 0 unspecified atom stereocenters. The van der Waals surface area contributed by atoms with E-state index in [4.69, 9.17) is 15.6 Å². The van der Waals surface area contributed by atoms with E-state index in [1.165, 1.54) is 6.07 Å². The maximum atomic E-state index is 10.8. The molecule has 1 aliphatic heterocycles. The van der Waals surface area contributed by atoms with Crippen LogP contribution < -0.4 is 10.5 Å². The molecule has 0 fully saturated rings. The van der Waals surface area contributed by atoms with E-state index >= 15 is 0 Å². The van der Waals surface area contributed by atoms with Crippen molar-refractivity contribution < 1.29 is 14.6 Å². The van der Waals surface area contributed by atoms with Gasteiger partial charge in [0.1, 0.15) is 17.9 Å². The number of rotatable bonds is 1. The Labute approximate surface area is 80.6 Å². The number of carboxylic acids is 1. The van der Waals surface area contributed by atoms with Crippen molar-refractivity contribution in [1.82, 2.24) is 0 Å². The van der Waals surface area contributed by atoms with Crippen LogP contribution in [0.3, 0.4) is 0 Å². The molecule has 0 atom stereocenters. The van der Waals surface area contributed by atoms with E-state index in [1.807, 2.05) is 0 Å². The molecule has 0 radical (unpaired) electrons. The van der Waals surface area contributed by atoms with Crippen LogP contribution >= 0.6 is 0 Å². The van der Waals surface area contributed by atoms with Crippen LogP contribution in [-0.2, 0) is 0 Å². The van der Waals surface area contributed by atoms with Gasteiger partial charge in [0.2, 0.25) is 0 Å². The molecular formula is C10H9NO3. The third-order valence-electron chi connectivity index (χ3n) is 2.07. The first kappa shape index (κ1) is 8.62. The number of hydrogen-bond donors (Lipinski definition) is 2. The van der Waals surface area contributed by atoms with Crippen LogP contribution in [0.25, 0.3) is 6.08 Å². The fourth-order valence-electron chi connectivity index (χ4n) is 1.41. The van der Waals surface area contributed by atoms with Crippen molar-refractivity contribution in [3.8, 4) is 5.75 Å². The number of nitrogen functional groups attached to an aromatic ring is 1. The molecule has 0 bridgehead atoms. The van der Waals surface area contributed by atoms with Crippen LogP contribution in [0.1, 0.15) is 15.9 Å². The summed E-state index contributed by atoms with van der Waals surface area (Å²) in [4.78, 5) is 10.8. The number of aromatic carboxylic acids is 1. The molecule has 0 aromatic heterocycles. The predicted molar refractivity (Wildman–Crippen MR) is 52.3 cm³/mol. The molecule has 0 saturated heterocycles. The molecule has 14 heavy (non-hydrogen) atoms. The van der Waals surface area contributed by atoms with Gasteiger partial charge in [0.05, 0.1) is 0 Å². The van der Waals surface area contributed by atoms with Gasteiger partial charge in [-0.1, -0.05) is 0 Å². The minimum atomic E-state index is -1.00. The average Bonchev–Trinajstić information content (AvgIpc) is 2.18. The summed E-state index contributed by atoms with van der Waals surface area (Å²) in [5.41, 5.74) is 7.02. The summed E-state index contributed by atoms with van der Waals surface area (Å²) in [7, 11) is 0. The Morgan fingerprint density at radius 2 is 2.29 bits per heavy atom. The van der Waals surface area contributed by atoms with Crippen LogP contribution in [0.2, 0.25) is 0 Å². The number of carboxylic acid groups (broad SMARTS) is 1. The number of benzene rings is 1. The lowest BCUT2D eigenvalue weighted by atomic mass is 10.0. The largest absolute Gasteiger partial charge is 0.488 e. The Hall–Kier alpha value is -1.97. The van der Waals surface area contributed by atoms with Gasteiger partial charge in [-0.3, -0.25) is 0 Å². The predicted octanol–water partition coefficient (Wildman–Crippen LogP) is 1.37.